The van der Waals surface area contributed by atoms with Crippen LogP contribution in [0, 0.1) is 0 Å². The van der Waals surface area contributed by atoms with Gasteiger partial charge in [0.25, 0.3) is 0 Å². The summed E-state index contributed by atoms with van der Waals surface area (Å²) in [5.74, 6) is 0.971. The minimum absolute atomic E-state index is 0.514. The van der Waals surface area contributed by atoms with Crippen molar-refractivity contribution < 1.29 is 4.12 Å². The van der Waals surface area contributed by atoms with Gasteiger partial charge in [0.05, 0.1) is 0 Å². The molecule has 0 spiro atoms. The van der Waals surface area contributed by atoms with E-state index in [1.807, 2.05) is 6.92 Å². The Bertz CT molecular complexity index is 527. The average Bonchev–Trinajstić information content (AvgIpc) is 2.49. The lowest BCUT2D eigenvalue weighted by atomic mass is 10.1. The van der Waals surface area contributed by atoms with Gasteiger partial charge in [0.1, 0.15) is 0 Å². The average molecular weight is 399 g/mol. The highest BCUT2D eigenvalue weighted by molar-refractivity contribution is 8.22. The van der Waals surface area contributed by atoms with Gasteiger partial charge >= 0.3 is 0 Å². The Hall–Kier alpha value is 0.0538. The monoisotopic (exact) mass is 398 g/mol. The largest absolute Gasteiger partial charge is 0.455 e. The van der Waals surface area contributed by atoms with Crippen molar-refractivity contribution in [3.05, 3.63) is 35.4 Å². The molecule has 0 fully saturated rings. The summed E-state index contributed by atoms with van der Waals surface area (Å²) in [6, 6.07) is 10.4. The van der Waals surface area contributed by atoms with E-state index in [0.717, 1.165) is 9.95 Å². The van der Waals surface area contributed by atoms with E-state index in [9.17, 15) is 0 Å². The van der Waals surface area contributed by atoms with Crippen molar-refractivity contribution >= 4 is 44.8 Å². The highest BCUT2D eigenvalue weighted by Crippen LogP contribution is 2.32. The van der Waals surface area contributed by atoms with E-state index < -0.39 is 16.6 Å². The normalized spacial score (nSPS) is 13.8. The summed E-state index contributed by atoms with van der Waals surface area (Å²) < 4.78 is 7.82. The Morgan fingerprint density at radius 1 is 1.17 bits per heavy atom. The van der Waals surface area contributed by atoms with Crippen LogP contribution in [-0.4, -0.2) is 20.8 Å². The van der Waals surface area contributed by atoms with Gasteiger partial charge in [0.2, 0.25) is 0 Å². The summed E-state index contributed by atoms with van der Waals surface area (Å²) in [7, 11) is -3.30. The summed E-state index contributed by atoms with van der Waals surface area (Å²) in [5.41, 5.74) is 3.28. The van der Waals surface area contributed by atoms with Crippen molar-refractivity contribution in [3.8, 4) is 0 Å². The number of unbranched alkanes of at least 4 members (excludes halogenated alkanes) is 1. The lowest BCUT2D eigenvalue weighted by Crippen LogP contribution is -2.47. The topological polar surface area (TPSA) is 9.23 Å². The summed E-state index contributed by atoms with van der Waals surface area (Å²) >= 11 is 6.89. The zero-order chi connectivity index (χ0) is 18.4. The van der Waals surface area contributed by atoms with Gasteiger partial charge in [0.15, 0.2) is 16.6 Å². The van der Waals surface area contributed by atoms with Crippen molar-refractivity contribution in [1.29, 1.82) is 0 Å². The predicted octanol–water partition coefficient (Wildman–Crippen LogP) is 7.14. The summed E-state index contributed by atoms with van der Waals surface area (Å²) in [4.78, 5) is 0. The van der Waals surface area contributed by atoms with Crippen molar-refractivity contribution in [3.63, 3.8) is 0 Å². The second-order valence-electron chi connectivity index (χ2n) is 7.81. The van der Waals surface area contributed by atoms with Crippen LogP contribution in [-0.2, 0) is 9.87 Å². The van der Waals surface area contributed by atoms with E-state index in [4.69, 9.17) is 16.3 Å². The first kappa shape index (κ1) is 22.1. The molecule has 1 unspecified atom stereocenters. The molecule has 1 atom stereocenters. The molecule has 1 rings (SSSR count). The Morgan fingerprint density at radius 3 is 2.25 bits per heavy atom. The van der Waals surface area contributed by atoms with E-state index >= 15 is 0 Å². The summed E-state index contributed by atoms with van der Waals surface area (Å²) in [5, 5.41) is 0. The Kier molecular flexibility index (Phi) is 8.90. The van der Waals surface area contributed by atoms with Crippen LogP contribution in [0.3, 0.4) is 0 Å². The quantitative estimate of drug-likeness (QED) is 0.323. The number of thioether (sulfide) groups is 1. The SMILES string of the molecule is CCCC[Si](C)(C)O[Si](C)(C)C(C)c1ccc(CSC(C)=S)cc1. The second-order valence-corrected chi connectivity index (χ2v) is 18.8. The van der Waals surface area contributed by atoms with E-state index in [1.54, 1.807) is 11.8 Å². The number of thiocarbonyl (C=S) groups is 1. The van der Waals surface area contributed by atoms with Gasteiger partial charge in [-0.05, 0) is 55.8 Å². The molecule has 0 amide bonds. The van der Waals surface area contributed by atoms with Gasteiger partial charge in [-0.25, -0.2) is 0 Å². The molecule has 0 heterocycles. The van der Waals surface area contributed by atoms with Crippen LogP contribution in [0.2, 0.25) is 32.2 Å². The van der Waals surface area contributed by atoms with Crippen LogP contribution in [0.5, 0.6) is 0 Å². The number of benzene rings is 1. The summed E-state index contributed by atoms with van der Waals surface area (Å²) in [6.45, 7) is 16.2. The molecular formula is C19H34OS2Si2. The minimum Gasteiger partial charge on any atom is -0.455 e. The molecule has 0 aliphatic rings. The molecule has 1 nitrogen and oxygen atoms in total. The molecule has 5 heteroatoms. The molecule has 24 heavy (non-hydrogen) atoms. The third-order valence-electron chi connectivity index (χ3n) is 4.64. The first-order valence-corrected chi connectivity index (χ1v) is 16.5. The standard InChI is InChI=1S/C19H34OS2Si2/c1-8-9-14-23(4,5)20-24(6,7)16(2)19-12-10-18(11-13-19)15-22-17(3)21/h10-13,16H,8-9,14-15H2,1-7H3. The highest BCUT2D eigenvalue weighted by atomic mass is 32.2. The minimum atomic E-state index is -1.75. The van der Waals surface area contributed by atoms with E-state index in [0.29, 0.717) is 5.54 Å². The third-order valence-corrected chi connectivity index (χ3v) is 14.2. The predicted molar refractivity (Wildman–Crippen MR) is 120 cm³/mol. The first-order chi connectivity index (χ1) is 11.1. The van der Waals surface area contributed by atoms with Crippen molar-refractivity contribution in [2.24, 2.45) is 0 Å². The van der Waals surface area contributed by atoms with Crippen LogP contribution in [0.4, 0.5) is 0 Å². The van der Waals surface area contributed by atoms with Crippen molar-refractivity contribution in [2.45, 2.75) is 77.1 Å². The Balaban J connectivity index is 2.76. The van der Waals surface area contributed by atoms with Crippen LogP contribution < -0.4 is 0 Å². The van der Waals surface area contributed by atoms with Crippen LogP contribution >= 0.6 is 24.0 Å². The lowest BCUT2D eigenvalue weighted by molar-refractivity contribution is 0.519. The molecule has 0 aliphatic carbocycles. The van der Waals surface area contributed by atoms with E-state index in [2.05, 4.69) is 64.3 Å². The highest BCUT2D eigenvalue weighted by Gasteiger charge is 2.37. The second kappa shape index (κ2) is 9.67. The molecule has 0 bridgehead atoms. The van der Waals surface area contributed by atoms with Crippen molar-refractivity contribution in [2.75, 3.05) is 0 Å². The molecule has 0 aliphatic heterocycles. The van der Waals surface area contributed by atoms with E-state index in [1.165, 1.54) is 30.0 Å². The molecular weight excluding hydrogens is 365 g/mol. The number of rotatable bonds is 9. The fourth-order valence-electron chi connectivity index (χ4n) is 2.94. The molecule has 1 aromatic rings. The van der Waals surface area contributed by atoms with E-state index in [-0.39, 0.29) is 0 Å². The van der Waals surface area contributed by atoms with Gasteiger partial charge in [-0.3, -0.25) is 0 Å². The smallest absolute Gasteiger partial charge is 0.180 e. The molecule has 136 valence electrons. The Labute approximate surface area is 161 Å². The Morgan fingerprint density at radius 2 is 1.75 bits per heavy atom. The van der Waals surface area contributed by atoms with Gasteiger partial charge < -0.3 is 4.12 Å². The van der Waals surface area contributed by atoms with Crippen LogP contribution in [0.25, 0.3) is 0 Å². The lowest BCUT2D eigenvalue weighted by Gasteiger charge is -2.38. The van der Waals surface area contributed by atoms with Gasteiger partial charge in [0, 0.05) is 9.95 Å². The molecule has 0 aromatic heterocycles. The third kappa shape index (κ3) is 7.52. The zero-order valence-corrected chi connectivity index (χ0v) is 20.1. The maximum atomic E-state index is 6.81. The fraction of sp³-hybridized carbons (Fsp3) is 0.632. The number of hydrogen-bond acceptors (Lipinski definition) is 3. The molecule has 0 N–H and O–H groups in total. The van der Waals surface area contributed by atoms with Gasteiger partial charge in [-0.2, -0.15) is 0 Å². The summed E-state index contributed by atoms with van der Waals surface area (Å²) in [6.07, 6.45) is 2.56. The fourth-order valence-corrected chi connectivity index (χ4v) is 12.7. The molecule has 0 saturated heterocycles. The van der Waals surface area contributed by atoms with Crippen LogP contribution in [0.1, 0.15) is 50.3 Å². The molecule has 0 radical (unpaired) electrons. The molecule has 1 aromatic carbocycles. The maximum Gasteiger partial charge on any atom is 0.180 e. The van der Waals surface area contributed by atoms with Gasteiger partial charge in [-0.1, -0.05) is 63.2 Å². The van der Waals surface area contributed by atoms with Crippen LogP contribution in [0.15, 0.2) is 24.3 Å². The van der Waals surface area contributed by atoms with Crippen molar-refractivity contribution in [1.82, 2.24) is 0 Å². The zero-order valence-electron chi connectivity index (χ0n) is 16.4. The van der Waals surface area contributed by atoms with Gasteiger partial charge in [-0.15, -0.1) is 11.8 Å². The first-order valence-electron chi connectivity index (χ1n) is 9.00. The maximum absolute atomic E-state index is 6.81. The molecule has 0 saturated carbocycles. The number of hydrogen-bond donors (Lipinski definition) is 0.